The molecule has 0 spiro atoms. The van der Waals surface area contributed by atoms with Gasteiger partial charge >= 0.3 is 0 Å². The minimum atomic E-state index is 0.0773. The van der Waals surface area contributed by atoms with Crippen LogP contribution in [-0.2, 0) is 4.79 Å². The molecule has 2 fully saturated rings. The Balaban J connectivity index is 1.87. The van der Waals surface area contributed by atoms with E-state index in [4.69, 9.17) is 5.73 Å². The SMILES string of the molecule is Nc1nc(N2CCCC3C(=O)NCC32)n[nH]1. The summed E-state index contributed by atoms with van der Waals surface area (Å²) in [4.78, 5) is 17.8. The monoisotopic (exact) mass is 222 g/mol. The van der Waals surface area contributed by atoms with Gasteiger partial charge in [-0.1, -0.05) is 0 Å². The molecule has 2 saturated heterocycles. The summed E-state index contributed by atoms with van der Waals surface area (Å²) in [7, 11) is 0. The van der Waals surface area contributed by atoms with E-state index in [1.807, 2.05) is 0 Å². The molecule has 1 aromatic heterocycles. The fourth-order valence-electron chi connectivity index (χ4n) is 2.59. The number of H-pyrrole nitrogens is 1. The van der Waals surface area contributed by atoms with Crippen LogP contribution in [0.25, 0.3) is 0 Å². The lowest BCUT2D eigenvalue weighted by Crippen LogP contribution is -2.46. The summed E-state index contributed by atoms with van der Waals surface area (Å²) in [6.07, 6.45) is 1.94. The number of piperidine rings is 1. The Morgan fingerprint density at radius 2 is 2.38 bits per heavy atom. The van der Waals surface area contributed by atoms with Gasteiger partial charge in [-0.3, -0.25) is 4.79 Å². The average molecular weight is 222 g/mol. The largest absolute Gasteiger partial charge is 0.368 e. The number of carbonyl (C=O) groups is 1. The number of nitrogens with two attached hydrogens (primary N) is 1. The topological polar surface area (TPSA) is 99.9 Å². The van der Waals surface area contributed by atoms with Crippen molar-refractivity contribution in [3.63, 3.8) is 0 Å². The molecule has 16 heavy (non-hydrogen) atoms. The van der Waals surface area contributed by atoms with E-state index in [1.54, 1.807) is 0 Å². The van der Waals surface area contributed by atoms with Crippen molar-refractivity contribution in [2.24, 2.45) is 5.92 Å². The van der Waals surface area contributed by atoms with E-state index in [0.717, 1.165) is 19.4 Å². The molecule has 0 aliphatic carbocycles. The highest BCUT2D eigenvalue weighted by atomic mass is 16.2. The van der Waals surface area contributed by atoms with Crippen molar-refractivity contribution in [2.45, 2.75) is 18.9 Å². The first kappa shape index (κ1) is 9.44. The van der Waals surface area contributed by atoms with Gasteiger partial charge in [-0.25, -0.2) is 5.10 Å². The summed E-state index contributed by atoms with van der Waals surface area (Å²) in [5.41, 5.74) is 5.51. The van der Waals surface area contributed by atoms with Crippen LogP contribution in [0, 0.1) is 5.92 Å². The maximum absolute atomic E-state index is 11.6. The van der Waals surface area contributed by atoms with Crippen LogP contribution in [0.1, 0.15) is 12.8 Å². The van der Waals surface area contributed by atoms with Crippen molar-refractivity contribution < 1.29 is 4.79 Å². The number of rotatable bonds is 1. The third-order valence-corrected chi connectivity index (χ3v) is 3.35. The van der Waals surface area contributed by atoms with Gasteiger partial charge in [0.05, 0.1) is 12.0 Å². The Morgan fingerprint density at radius 1 is 1.50 bits per heavy atom. The number of nitrogens with one attached hydrogen (secondary N) is 2. The van der Waals surface area contributed by atoms with E-state index in [1.165, 1.54) is 0 Å². The Hall–Kier alpha value is -1.79. The minimum absolute atomic E-state index is 0.0773. The number of nitrogens with zero attached hydrogens (tertiary/aromatic N) is 3. The van der Waals surface area contributed by atoms with E-state index in [9.17, 15) is 4.79 Å². The van der Waals surface area contributed by atoms with Crippen LogP contribution in [0.2, 0.25) is 0 Å². The standard InChI is InChI=1S/C9H14N6O/c10-8-12-9(14-13-8)15-3-1-2-5-6(15)4-11-7(5)16/h5-6H,1-4H2,(H,11,16)(H3,10,12,13,14). The Bertz CT molecular complexity index is 416. The molecule has 2 atom stereocenters. The van der Waals surface area contributed by atoms with Crippen LogP contribution >= 0.6 is 0 Å². The fraction of sp³-hybridized carbons (Fsp3) is 0.667. The maximum Gasteiger partial charge on any atom is 0.246 e. The highest BCUT2D eigenvalue weighted by Crippen LogP contribution is 2.29. The van der Waals surface area contributed by atoms with E-state index >= 15 is 0 Å². The van der Waals surface area contributed by atoms with Crippen LogP contribution in [0.15, 0.2) is 0 Å². The first-order chi connectivity index (χ1) is 7.75. The van der Waals surface area contributed by atoms with Gasteiger partial charge in [0.2, 0.25) is 17.8 Å². The van der Waals surface area contributed by atoms with Crippen molar-refractivity contribution in [3.05, 3.63) is 0 Å². The van der Waals surface area contributed by atoms with Gasteiger partial charge in [-0.2, -0.15) is 4.98 Å². The summed E-state index contributed by atoms with van der Waals surface area (Å²) >= 11 is 0. The summed E-state index contributed by atoms with van der Waals surface area (Å²) in [6.45, 7) is 1.56. The zero-order valence-electron chi connectivity index (χ0n) is 8.81. The molecule has 0 radical (unpaired) electrons. The fourth-order valence-corrected chi connectivity index (χ4v) is 2.59. The third kappa shape index (κ3) is 1.31. The van der Waals surface area contributed by atoms with E-state index in [-0.39, 0.29) is 17.9 Å². The molecule has 0 bridgehead atoms. The second-order valence-corrected chi connectivity index (χ2v) is 4.28. The van der Waals surface area contributed by atoms with Gasteiger partial charge < -0.3 is 16.0 Å². The number of aromatic nitrogens is 3. The summed E-state index contributed by atoms with van der Waals surface area (Å²) < 4.78 is 0. The Kier molecular flexibility index (Phi) is 1.98. The number of aromatic amines is 1. The molecule has 2 unspecified atom stereocenters. The number of hydrogen-bond donors (Lipinski definition) is 3. The van der Waals surface area contributed by atoms with Crippen LogP contribution in [0.5, 0.6) is 0 Å². The smallest absolute Gasteiger partial charge is 0.246 e. The highest BCUT2D eigenvalue weighted by molar-refractivity contribution is 5.82. The molecule has 4 N–H and O–H groups in total. The van der Waals surface area contributed by atoms with Crippen LogP contribution in [-0.4, -0.2) is 40.2 Å². The quantitative estimate of drug-likeness (QED) is 0.572. The molecule has 3 heterocycles. The zero-order chi connectivity index (χ0) is 11.1. The van der Waals surface area contributed by atoms with Crippen LogP contribution in [0.4, 0.5) is 11.9 Å². The number of anilines is 2. The summed E-state index contributed by atoms with van der Waals surface area (Å²) in [5, 5.41) is 9.57. The lowest BCUT2D eigenvalue weighted by molar-refractivity contribution is -0.122. The molecule has 1 amide bonds. The van der Waals surface area contributed by atoms with Crippen LogP contribution in [0.3, 0.4) is 0 Å². The van der Waals surface area contributed by atoms with Crippen molar-refractivity contribution in [2.75, 3.05) is 23.7 Å². The predicted molar refractivity (Wildman–Crippen MR) is 57.7 cm³/mol. The van der Waals surface area contributed by atoms with Gasteiger partial charge in [0.1, 0.15) is 0 Å². The Labute approximate surface area is 92.4 Å². The molecule has 0 saturated carbocycles. The zero-order valence-corrected chi connectivity index (χ0v) is 8.81. The lowest BCUT2D eigenvalue weighted by Gasteiger charge is -2.34. The van der Waals surface area contributed by atoms with Gasteiger partial charge in [0, 0.05) is 13.1 Å². The molecule has 1 aromatic rings. The summed E-state index contributed by atoms with van der Waals surface area (Å²) in [6, 6.07) is 0.177. The molecule has 86 valence electrons. The first-order valence-corrected chi connectivity index (χ1v) is 5.48. The van der Waals surface area contributed by atoms with Crippen molar-refractivity contribution in [3.8, 4) is 0 Å². The minimum Gasteiger partial charge on any atom is -0.368 e. The van der Waals surface area contributed by atoms with Gasteiger partial charge in [-0.15, -0.1) is 5.10 Å². The number of hydrogen-bond acceptors (Lipinski definition) is 5. The van der Waals surface area contributed by atoms with Crippen molar-refractivity contribution in [1.29, 1.82) is 0 Å². The van der Waals surface area contributed by atoms with E-state index < -0.39 is 0 Å². The normalized spacial score (nSPS) is 29.0. The second-order valence-electron chi connectivity index (χ2n) is 4.28. The third-order valence-electron chi connectivity index (χ3n) is 3.35. The predicted octanol–water partition coefficient (Wildman–Crippen LogP) is -0.898. The number of fused-ring (bicyclic) bond motifs is 1. The van der Waals surface area contributed by atoms with Crippen LogP contribution < -0.4 is 16.0 Å². The van der Waals surface area contributed by atoms with E-state index in [0.29, 0.717) is 18.4 Å². The maximum atomic E-state index is 11.6. The molecule has 7 nitrogen and oxygen atoms in total. The molecule has 3 rings (SSSR count). The summed E-state index contributed by atoms with van der Waals surface area (Å²) in [5.74, 6) is 1.14. The number of nitrogen functional groups attached to an aromatic ring is 1. The van der Waals surface area contributed by atoms with Gasteiger partial charge in [-0.05, 0) is 12.8 Å². The molecule has 0 aromatic carbocycles. The molecule has 2 aliphatic heterocycles. The number of carbonyl (C=O) groups excluding carboxylic acids is 1. The van der Waals surface area contributed by atoms with Gasteiger partial charge in [0.25, 0.3) is 0 Å². The van der Waals surface area contributed by atoms with Crippen molar-refractivity contribution >= 4 is 17.8 Å². The Morgan fingerprint density at radius 3 is 3.12 bits per heavy atom. The van der Waals surface area contributed by atoms with E-state index in [2.05, 4.69) is 25.4 Å². The number of amides is 1. The molecule has 2 aliphatic rings. The molecular formula is C9H14N6O. The first-order valence-electron chi connectivity index (χ1n) is 5.48. The molecular weight excluding hydrogens is 208 g/mol. The van der Waals surface area contributed by atoms with Crippen molar-refractivity contribution in [1.82, 2.24) is 20.5 Å². The average Bonchev–Trinajstić information content (AvgIpc) is 2.86. The van der Waals surface area contributed by atoms with Gasteiger partial charge in [0.15, 0.2) is 0 Å². The highest BCUT2D eigenvalue weighted by Gasteiger charge is 2.41. The molecule has 7 heteroatoms. The second kappa shape index (κ2) is 3.36. The lowest BCUT2D eigenvalue weighted by atomic mass is 9.92.